The quantitative estimate of drug-likeness (QED) is 0.0768. The Morgan fingerprint density at radius 1 is 0.420 bits per heavy atom. The number of methoxy groups -OCH3 is 4. The zero-order valence-corrected chi connectivity index (χ0v) is 84.8. The Bertz CT molecular complexity index is 3920. The maximum Gasteiger partial charge on any atom is 0.139 e. The minimum atomic E-state index is -2.59. The van der Waals surface area contributed by atoms with E-state index in [1.807, 2.05) is 13.8 Å². The Morgan fingerprint density at radius 2 is 0.725 bits per heavy atom. The largest absolute Gasteiger partial charge is 0.393 e. The molecule has 1 unspecified atom stereocenters. The summed E-state index contributed by atoms with van der Waals surface area (Å²) < 4.78 is 21.2. The van der Waals surface area contributed by atoms with E-state index in [0.717, 1.165) is 193 Å². The number of fused-ring (bicyclic) bond motifs is 20. The van der Waals surface area contributed by atoms with Crippen LogP contribution in [0.3, 0.4) is 0 Å². The minimum absolute atomic E-state index is 0. The molecule has 16 aliphatic rings. The van der Waals surface area contributed by atoms with Crippen LogP contribution in [0.1, 0.15) is 349 Å². The molecular formula is C117H197BrO11P2. The van der Waals surface area contributed by atoms with Crippen molar-refractivity contribution in [1.82, 2.24) is 0 Å². The molecule has 0 bridgehead atoms. The Kier molecular flexibility index (Phi) is 40.4. The molecule has 19 rings (SSSR count). The van der Waals surface area contributed by atoms with Gasteiger partial charge in [-0.2, -0.15) is 0 Å². The molecule has 0 aliphatic heterocycles. The molecule has 11 nitrogen and oxygen atoms in total. The van der Waals surface area contributed by atoms with E-state index in [-0.39, 0.29) is 54.1 Å². The molecule has 16 fully saturated rings. The SMILES string of the molecule is C.C.C.C.C.C/C=C1/CCC[C@H]2[C@@H]3CC[C@@H]4C[C@@](O)(COC)CC[C@@H]4[C@H]3CC[C@]12C.CCP(Br)(c1ccccc1)(c1ccccc1)c1ccccc1.COC[C@@]1(O)CC[C@H]2[C@H](CC[C@@H]3[C@@H]2CC[C@]2(C)C(=O)CCC[C@@H]32)C1.COC[C@@]1(O)CC[C@H]2[C@H](CC[C@@H]3[C@@H]2CC[C@]2(C)[C@@H](C(C)=O)CCC[C@@H]32)C1.COC[C@@]1(O)CC[C@H]2[C@H](CC[C@@H]3[C@@H]2CC[C@]2(C)[C@@H](C(C)O)CCC[C@@H]32)C1.CPC. The monoisotopic (exact) mass is 1920 g/mol. The van der Waals surface area contributed by atoms with Crippen LogP contribution in [0, 0.1) is 152 Å². The van der Waals surface area contributed by atoms with Gasteiger partial charge in [0.1, 0.15) is 11.6 Å². The van der Waals surface area contributed by atoms with Crippen LogP contribution < -0.4 is 15.9 Å². The summed E-state index contributed by atoms with van der Waals surface area (Å²) in [5.41, 5.74) is 0.550. The number of carbonyl (C=O) groups is 2. The molecule has 0 radical (unpaired) electrons. The number of halogens is 1. The third-order valence-corrected chi connectivity index (χ3v) is 51.1. The normalized spacial score (nSPS) is 42.2. The van der Waals surface area contributed by atoms with Crippen molar-refractivity contribution in [2.75, 3.05) is 74.4 Å². The zero-order valence-electron chi connectivity index (χ0n) is 81.3. The van der Waals surface area contributed by atoms with Crippen LogP contribution >= 0.6 is 29.4 Å². The van der Waals surface area contributed by atoms with E-state index in [0.29, 0.717) is 84.3 Å². The molecule has 5 N–H and O–H groups in total. The zero-order chi connectivity index (χ0) is 89.9. The number of hydrogen-bond acceptors (Lipinski definition) is 11. The van der Waals surface area contributed by atoms with Gasteiger partial charge in [-0.25, -0.2) is 0 Å². The second kappa shape index (κ2) is 47.1. The number of ether oxygens (including phenoxy) is 4. The van der Waals surface area contributed by atoms with Gasteiger partial charge in [-0.1, -0.05) is 89.3 Å². The summed E-state index contributed by atoms with van der Waals surface area (Å²) in [6.07, 6.45) is 51.5. The number of aliphatic hydroxyl groups excluding tert-OH is 1. The van der Waals surface area contributed by atoms with Gasteiger partial charge < -0.3 is 44.5 Å². The Hall–Kier alpha value is -2.28. The predicted molar refractivity (Wildman–Crippen MR) is 561 cm³/mol. The van der Waals surface area contributed by atoms with E-state index in [9.17, 15) is 35.1 Å². The van der Waals surface area contributed by atoms with Crippen LogP contribution in [0.4, 0.5) is 0 Å². The fourth-order valence-electron chi connectivity index (χ4n) is 35.0. The molecule has 3 aromatic rings. The van der Waals surface area contributed by atoms with Gasteiger partial charge >= 0.3 is 141 Å². The summed E-state index contributed by atoms with van der Waals surface area (Å²) >= 11 is 4.35. The third kappa shape index (κ3) is 22.5. The van der Waals surface area contributed by atoms with E-state index < -0.39 is 27.7 Å². The third-order valence-electron chi connectivity index (χ3n) is 40.6. The summed E-state index contributed by atoms with van der Waals surface area (Å²) in [4.78, 5) is 25.0. The van der Waals surface area contributed by atoms with Crippen LogP contribution in [0.15, 0.2) is 103 Å². The fourth-order valence-corrected chi connectivity index (χ4v) is 41.5. The topological polar surface area (TPSA) is 172 Å². The molecule has 16 aliphatic carbocycles. The fraction of sp³-hybridized carbons (Fsp3) is 0.812. The molecule has 14 heteroatoms. The number of rotatable bonds is 14. The average Bonchev–Trinajstić information content (AvgIpc) is 0.707. The van der Waals surface area contributed by atoms with Crippen LogP contribution in [0.25, 0.3) is 0 Å². The van der Waals surface area contributed by atoms with Gasteiger partial charge in [-0.15, -0.1) is 8.58 Å². The Morgan fingerprint density at radius 3 is 1.07 bits per heavy atom. The van der Waals surface area contributed by atoms with Gasteiger partial charge in [0.05, 0.1) is 54.9 Å². The van der Waals surface area contributed by atoms with Crippen LogP contribution in [-0.2, 0) is 28.5 Å². The second-order valence-electron chi connectivity index (χ2n) is 46.7. The first-order chi connectivity index (χ1) is 60.3. The molecule has 3 aromatic carbocycles. The standard InChI is InChI=1S/C23H40O3.C23H38O3.C23H38O2.C21H34O3.C20H20BrP.C2H7P.5CH4/c2*1-15(24)20-5-4-6-21-19-8-7-16-13-23(25,14-26-3)12-10-17(16)18(19)9-11-22(20,21)2;1-4-17-6-5-7-21-20-9-8-16-14-23(24,15-25-3)13-11-18(16)19(20)10-12-22(17,21)2;1-20-10-8-16-15-9-11-21(23,13-24-2)12-14(15)6-7-17(16)18(20)4-3-5-19(20)22;1-2-22(21,18-12-6-3-7-13-18,19-14-8-4-9-15-19)20-16-10-5-11-17-20;1-3-2;;;;;/h15-21,24-25H,4-14H2,1-3H3;16-21,25H,4-14H2,1-3H3;4,16,18-21,24H,5-15H2,1-3H3;14-18,23H,3-13H2,1-2H3;3-17H,2H2,1H3;3H,1-2H3;5*1H4/b;;17-4-;;;;;;;;/t15?,16-,17+,18-,19-,20-,21+,22-,23-;16-,17+,18-,19-,20-,21+,22-,23-;16-,18+,19-,20-,21+,22-,23-;14-,15+,16-,17-,18+,20+,21-;;;;;;;/m1111......./s1. The number of Topliss-reactive ketones (excluding diaryl/α,β-unsaturated/α-hetero) is 2. The maximum absolute atomic E-state index is 12.6. The number of hydrogen-bond donors (Lipinski definition) is 5. The van der Waals surface area contributed by atoms with Gasteiger partial charge in [-0.3, -0.25) is 9.59 Å². The van der Waals surface area contributed by atoms with Crippen LogP contribution in [0.5, 0.6) is 0 Å². The van der Waals surface area contributed by atoms with Gasteiger partial charge in [0.25, 0.3) is 0 Å². The predicted octanol–water partition coefficient (Wildman–Crippen LogP) is 27.3. The average molecular weight is 1920 g/mol. The first-order valence-corrected chi connectivity index (χ1v) is 58.5. The Labute approximate surface area is 812 Å². The molecule has 0 heterocycles. The summed E-state index contributed by atoms with van der Waals surface area (Å²) in [5.74, 6) is 17.8. The van der Waals surface area contributed by atoms with E-state index in [1.54, 1.807) is 34.0 Å². The Balaban J connectivity index is 0.000000181. The molecule has 31 atom stereocenters. The van der Waals surface area contributed by atoms with Gasteiger partial charge in [0.15, 0.2) is 0 Å². The van der Waals surface area contributed by atoms with Crippen molar-refractivity contribution in [1.29, 1.82) is 0 Å². The molecule has 131 heavy (non-hydrogen) atoms. The summed E-state index contributed by atoms with van der Waals surface area (Å²) in [6, 6.07) is 32.7. The van der Waals surface area contributed by atoms with E-state index in [2.05, 4.69) is 167 Å². The molecular weight excluding hydrogens is 1720 g/mol. The molecule has 0 saturated heterocycles. The molecule has 748 valence electrons. The van der Waals surface area contributed by atoms with Crippen molar-refractivity contribution in [2.24, 2.45) is 152 Å². The maximum atomic E-state index is 12.6. The number of carbonyl (C=O) groups excluding carboxylic acids is 2. The summed E-state index contributed by atoms with van der Waals surface area (Å²) in [6.45, 7) is 24.5. The molecule has 0 spiro atoms. The van der Waals surface area contributed by atoms with Crippen molar-refractivity contribution < 1.29 is 54.1 Å². The second-order valence-corrected chi connectivity index (χ2v) is 57.0. The number of allylic oxidation sites excluding steroid dienone is 2. The van der Waals surface area contributed by atoms with E-state index in [1.165, 1.54) is 189 Å². The molecule has 0 aromatic heterocycles. The number of ketones is 2. The van der Waals surface area contributed by atoms with Gasteiger partial charge in [0, 0.05) is 46.2 Å². The minimum Gasteiger partial charge on any atom is -0.393 e. The number of aliphatic hydroxyl groups is 5. The van der Waals surface area contributed by atoms with E-state index >= 15 is 0 Å². The number of benzene rings is 3. The van der Waals surface area contributed by atoms with Crippen molar-refractivity contribution in [3.8, 4) is 0 Å². The van der Waals surface area contributed by atoms with Crippen molar-refractivity contribution in [3.05, 3.63) is 103 Å². The van der Waals surface area contributed by atoms with Crippen LogP contribution in [-0.4, -0.2) is 140 Å². The van der Waals surface area contributed by atoms with Gasteiger partial charge in [0.2, 0.25) is 0 Å². The first-order valence-electron chi connectivity index (χ1n) is 52.1. The van der Waals surface area contributed by atoms with Crippen molar-refractivity contribution in [3.63, 3.8) is 0 Å². The van der Waals surface area contributed by atoms with Gasteiger partial charge in [-0.05, 0) is 412 Å². The summed E-state index contributed by atoms with van der Waals surface area (Å²) in [7, 11) is 7.93. The molecule has 0 amide bonds. The van der Waals surface area contributed by atoms with Crippen LogP contribution in [0.2, 0.25) is 0 Å². The van der Waals surface area contributed by atoms with E-state index in [4.69, 9.17) is 18.9 Å². The van der Waals surface area contributed by atoms with Crippen molar-refractivity contribution in [2.45, 2.75) is 378 Å². The molecule has 16 saturated carbocycles. The smallest absolute Gasteiger partial charge is 0.139 e. The van der Waals surface area contributed by atoms with Crippen molar-refractivity contribution >= 4 is 56.9 Å². The first kappa shape index (κ1) is 112. The summed E-state index contributed by atoms with van der Waals surface area (Å²) in [5, 5.41) is 55.4.